The first kappa shape index (κ1) is 17.1. The van der Waals surface area contributed by atoms with Crippen molar-refractivity contribution in [3.63, 3.8) is 0 Å². The molecule has 0 bridgehead atoms. The average Bonchev–Trinajstić information content (AvgIpc) is 2.48. The SMILES string of the molecule is CCCNCC(=O)Nc1ccccc1C(=O)NCCOC. The fourth-order valence-electron chi connectivity index (χ4n) is 1.73. The number of nitrogens with one attached hydrogen (secondary N) is 3. The number of carbonyl (C=O) groups excluding carboxylic acids is 2. The smallest absolute Gasteiger partial charge is 0.253 e. The fourth-order valence-corrected chi connectivity index (χ4v) is 1.73. The largest absolute Gasteiger partial charge is 0.383 e. The Kier molecular flexibility index (Phi) is 8.08. The highest BCUT2D eigenvalue weighted by molar-refractivity contribution is 6.04. The van der Waals surface area contributed by atoms with Crippen LogP contribution in [0.25, 0.3) is 0 Å². The van der Waals surface area contributed by atoms with Gasteiger partial charge in [0.05, 0.1) is 24.4 Å². The highest BCUT2D eigenvalue weighted by Crippen LogP contribution is 2.14. The van der Waals surface area contributed by atoms with Gasteiger partial charge in [0.25, 0.3) is 5.91 Å². The third kappa shape index (κ3) is 6.37. The molecule has 6 heteroatoms. The van der Waals surface area contributed by atoms with Gasteiger partial charge in [0.1, 0.15) is 0 Å². The predicted molar refractivity (Wildman–Crippen MR) is 82.4 cm³/mol. The molecule has 6 nitrogen and oxygen atoms in total. The van der Waals surface area contributed by atoms with Crippen LogP contribution in [0.2, 0.25) is 0 Å². The highest BCUT2D eigenvalue weighted by Gasteiger charge is 2.12. The maximum atomic E-state index is 12.0. The Bertz CT molecular complexity index is 463. The lowest BCUT2D eigenvalue weighted by atomic mass is 10.1. The molecule has 0 saturated carbocycles. The van der Waals surface area contributed by atoms with E-state index >= 15 is 0 Å². The van der Waals surface area contributed by atoms with E-state index in [-0.39, 0.29) is 18.4 Å². The minimum absolute atomic E-state index is 0.166. The summed E-state index contributed by atoms with van der Waals surface area (Å²) in [4.78, 5) is 23.8. The summed E-state index contributed by atoms with van der Waals surface area (Å²) in [5, 5.41) is 8.50. The average molecular weight is 293 g/mol. The molecule has 0 atom stereocenters. The van der Waals surface area contributed by atoms with Crippen LogP contribution in [0, 0.1) is 0 Å². The molecule has 1 aromatic rings. The molecule has 0 radical (unpaired) electrons. The van der Waals surface area contributed by atoms with Crippen LogP contribution < -0.4 is 16.0 Å². The van der Waals surface area contributed by atoms with Crippen LogP contribution in [0.4, 0.5) is 5.69 Å². The number of methoxy groups -OCH3 is 1. The van der Waals surface area contributed by atoms with Gasteiger partial charge in [-0.3, -0.25) is 9.59 Å². The van der Waals surface area contributed by atoms with Gasteiger partial charge in [-0.15, -0.1) is 0 Å². The number of amides is 2. The molecule has 0 aliphatic heterocycles. The van der Waals surface area contributed by atoms with Gasteiger partial charge in [-0.25, -0.2) is 0 Å². The van der Waals surface area contributed by atoms with Crippen LogP contribution in [0.5, 0.6) is 0 Å². The van der Waals surface area contributed by atoms with Gasteiger partial charge in [-0.1, -0.05) is 19.1 Å². The molecule has 0 saturated heterocycles. The number of hydrogen-bond acceptors (Lipinski definition) is 4. The van der Waals surface area contributed by atoms with Gasteiger partial charge in [-0.2, -0.15) is 0 Å². The lowest BCUT2D eigenvalue weighted by Gasteiger charge is -2.11. The number of ether oxygens (including phenoxy) is 1. The molecule has 0 spiro atoms. The van der Waals surface area contributed by atoms with E-state index in [4.69, 9.17) is 4.74 Å². The Morgan fingerprint density at radius 2 is 1.95 bits per heavy atom. The molecule has 1 aromatic carbocycles. The molecule has 0 heterocycles. The molecule has 0 aromatic heterocycles. The molecule has 1 rings (SSSR count). The van der Waals surface area contributed by atoms with E-state index in [2.05, 4.69) is 16.0 Å². The summed E-state index contributed by atoms with van der Waals surface area (Å²) >= 11 is 0. The maximum Gasteiger partial charge on any atom is 0.253 e. The lowest BCUT2D eigenvalue weighted by Crippen LogP contribution is -2.31. The van der Waals surface area contributed by atoms with Crippen molar-refractivity contribution in [2.45, 2.75) is 13.3 Å². The third-order valence-corrected chi connectivity index (χ3v) is 2.75. The number of hydrogen-bond donors (Lipinski definition) is 3. The van der Waals surface area contributed by atoms with E-state index in [9.17, 15) is 9.59 Å². The molecule has 3 N–H and O–H groups in total. The minimum Gasteiger partial charge on any atom is -0.383 e. The van der Waals surface area contributed by atoms with E-state index in [1.165, 1.54) is 0 Å². The van der Waals surface area contributed by atoms with E-state index in [0.717, 1.165) is 13.0 Å². The Balaban J connectivity index is 2.61. The second-order valence-corrected chi connectivity index (χ2v) is 4.52. The van der Waals surface area contributed by atoms with Crippen molar-refractivity contribution >= 4 is 17.5 Å². The van der Waals surface area contributed by atoms with Crippen molar-refractivity contribution in [3.8, 4) is 0 Å². The molecule has 21 heavy (non-hydrogen) atoms. The second kappa shape index (κ2) is 9.90. The molecule has 0 aliphatic carbocycles. The van der Waals surface area contributed by atoms with Gasteiger partial charge in [0.2, 0.25) is 5.91 Å². The van der Waals surface area contributed by atoms with Crippen molar-refractivity contribution in [3.05, 3.63) is 29.8 Å². The summed E-state index contributed by atoms with van der Waals surface area (Å²) in [7, 11) is 1.57. The van der Waals surface area contributed by atoms with Crippen LogP contribution in [0.15, 0.2) is 24.3 Å². The first-order chi connectivity index (χ1) is 10.2. The zero-order chi connectivity index (χ0) is 15.5. The summed E-state index contributed by atoms with van der Waals surface area (Å²) < 4.78 is 4.89. The van der Waals surface area contributed by atoms with Gasteiger partial charge in [0.15, 0.2) is 0 Å². The number of benzene rings is 1. The first-order valence-corrected chi connectivity index (χ1v) is 7.05. The quantitative estimate of drug-likeness (QED) is 0.594. The normalized spacial score (nSPS) is 10.2. The Labute approximate surface area is 125 Å². The predicted octanol–water partition coefficient (Wildman–Crippen LogP) is 1.00. The zero-order valence-corrected chi connectivity index (χ0v) is 12.6. The summed E-state index contributed by atoms with van der Waals surface area (Å²) in [6, 6.07) is 6.93. The standard InChI is InChI=1S/C15H23N3O3/c1-3-8-16-11-14(19)18-13-7-5-4-6-12(13)15(20)17-9-10-21-2/h4-7,16H,3,8-11H2,1-2H3,(H,17,20)(H,18,19). The summed E-state index contributed by atoms with van der Waals surface area (Å²) in [5.74, 6) is -0.398. The van der Waals surface area contributed by atoms with Crippen molar-refractivity contribution in [1.82, 2.24) is 10.6 Å². The second-order valence-electron chi connectivity index (χ2n) is 4.52. The number of carbonyl (C=O) groups is 2. The summed E-state index contributed by atoms with van der Waals surface area (Å²) in [5.41, 5.74) is 0.952. The zero-order valence-electron chi connectivity index (χ0n) is 12.6. The molecule has 2 amide bonds. The van der Waals surface area contributed by atoms with Crippen LogP contribution >= 0.6 is 0 Å². The third-order valence-electron chi connectivity index (χ3n) is 2.75. The fraction of sp³-hybridized carbons (Fsp3) is 0.467. The Morgan fingerprint density at radius 3 is 2.67 bits per heavy atom. The topological polar surface area (TPSA) is 79.5 Å². The van der Waals surface area contributed by atoms with E-state index in [1.54, 1.807) is 31.4 Å². The molecule has 0 aliphatic rings. The van der Waals surface area contributed by atoms with Crippen molar-refractivity contribution in [1.29, 1.82) is 0 Å². The Hall–Kier alpha value is -1.92. The van der Waals surface area contributed by atoms with Crippen LogP contribution in [-0.4, -0.2) is 45.2 Å². The number of rotatable bonds is 9. The van der Waals surface area contributed by atoms with Gasteiger partial charge < -0.3 is 20.7 Å². The van der Waals surface area contributed by atoms with Gasteiger partial charge in [0, 0.05) is 13.7 Å². The molecule has 116 valence electrons. The molecular formula is C15H23N3O3. The summed E-state index contributed by atoms with van der Waals surface area (Å²) in [6.07, 6.45) is 0.964. The number of anilines is 1. The maximum absolute atomic E-state index is 12.0. The monoisotopic (exact) mass is 293 g/mol. The van der Waals surface area contributed by atoms with Crippen LogP contribution in [-0.2, 0) is 9.53 Å². The molecule has 0 unspecified atom stereocenters. The van der Waals surface area contributed by atoms with E-state index in [0.29, 0.717) is 24.4 Å². The number of para-hydroxylation sites is 1. The van der Waals surface area contributed by atoms with Crippen molar-refractivity contribution < 1.29 is 14.3 Å². The van der Waals surface area contributed by atoms with Gasteiger partial charge >= 0.3 is 0 Å². The highest BCUT2D eigenvalue weighted by atomic mass is 16.5. The van der Waals surface area contributed by atoms with Crippen molar-refractivity contribution in [2.75, 3.05) is 38.7 Å². The van der Waals surface area contributed by atoms with E-state index in [1.807, 2.05) is 6.92 Å². The van der Waals surface area contributed by atoms with E-state index < -0.39 is 0 Å². The Morgan fingerprint density at radius 1 is 1.19 bits per heavy atom. The first-order valence-electron chi connectivity index (χ1n) is 7.05. The molecule has 0 fully saturated rings. The molecular weight excluding hydrogens is 270 g/mol. The van der Waals surface area contributed by atoms with Crippen molar-refractivity contribution in [2.24, 2.45) is 0 Å². The summed E-state index contributed by atoms with van der Waals surface area (Å²) in [6.45, 7) is 3.92. The van der Waals surface area contributed by atoms with Crippen LogP contribution in [0.3, 0.4) is 0 Å². The minimum atomic E-state index is -0.232. The van der Waals surface area contributed by atoms with Crippen LogP contribution in [0.1, 0.15) is 23.7 Å². The lowest BCUT2D eigenvalue weighted by molar-refractivity contribution is -0.115. The van der Waals surface area contributed by atoms with Gasteiger partial charge in [-0.05, 0) is 25.1 Å².